The van der Waals surface area contributed by atoms with Gasteiger partial charge in [0.25, 0.3) is 6.47 Å². The van der Waals surface area contributed by atoms with E-state index in [2.05, 4.69) is 0 Å². The molecule has 0 bridgehead atoms. The Morgan fingerprint density at radius 2 is 2.20 bits per heavy atom. The second kappa shape index (κ2) is 3.50. The molecule has 0 radical (unpaired) electrons. The molecule has 3 nitrogen and oxygen atoms in total. The van der Waals surface area contributed by atoms with Crippen LogP contribution in [0.2, 0.25) is 0 Å². The maximum Gasteiger partial charge on any atom is 0.293 e. The minimum Gasteiger partial charge on any atom is -0.467 e. The van der Waals surface area contributed by atoms with Gasteiger partial charge >= 0.3 is 0 Å². The van der Waals surface area contributed by atoms with Crippen molar-refractivity contribution in [1.82, 2.24) is 0 Å². The number of rotatable bonds is 3. The van der Waals surface area contributed by atoms with Crippen molar-refractivity contribution < 1.29 is 14.3 Å². The summed E-state index contributed by atoms with van der Waals surface area (Å²) in [7, 11) is 0. The highest BCUT2D eigenvalue weighted by atomic mass is 16.5. The van der Waals surface area contributed by atoms with Crippen LogP contribution in [0.4, 0.5) is 0 Å². The fraction of sp³-hybridized carbons (Fsp3) is 0.333. The lowest BCUT2D eigenvalue weighted by atomic mass is 9.87. The van der Waals surface area contributed by atoms with E-state index >= 15 is 0 Å². The maximum atomic E-state index is 12.0. The fourth-order valence-electron chi connectivity index (χ4n) is 2.06. The lowest BCUT2D eigenvalue weighted by Crippen LogP contribution is -2.29. The molecule has 0 spiro atoms. The maximum absolute atomic E-state index is 12.0. The number of carbonyl (C=O) groups excluding carboxylic acids is 2. The summed E-state index contributed by atoms with van der Waals surface area (Å²) in [5.74, 6) is 0.0694. The van der Waals surface area contributed by atoms with Gasteiger partial charge in [-0.2, -0.15) is 0 Å². The molecule has 15 heavy (non-hydrogen) atoms. The highest BCUT2D eigenvalue weighted by molar-refractivity contribution is 6.04. The second-order valence-electron chi connectivity index (χ2n) is 4.13. The highest BCUT2D eigenvalue weighted by Crippen LogP contribution is 2.36. The predicted molar refractivity (Wildman–Crippen MR) is 54.6 cm³/mol. The number of fused-ring (bicyclic) bond motifs is 1. The van der Waals surface area contributed by atoms with E-state index < -0.39 is 5.41 Å². The molecule has 1 aromatic rings. The average Bonchev–Trinajstić information content (AvgIpc) is 2.50. The SMILES string of the molecule is CC1(COC=O)Cc2ccccc2C1=O. The molecule has 0 saturated heterocycles. The van der Waals surface area contributed by atoms with Gasteiger partial charge in [0.1, 0.15) is 6.61 Å². The van der Waals surface area contributed by atoms with E-state index in [-0.39, 0.29) is 12.4 Å². The number of benzene rings is 1. The number of hydrogen-bond acceptors (Lipinski definition) is 3. The molecule has 0 N–H and O–H groups in total. The van der Waals surface area contributed by atoms with Crippen molar-refractivity contribution in [3.05, 3.63) is 35.4 Å². The van der Waals surface area contributed by atoms with E-state index in [0.29, 0.717) is 12.9 Å². The third-order valence-electron chi connectivity index (χ3n) is 2.86. The molecule has 0 aliphatic heterocycles. The first-order valence-electron chi connectivity index (χ1n) is 4.85. The summed E-state index contributed by atoms with van der Waals surface area (Å²) in [6.07, 6.45) is 0.649. The lowest BCUT2D eigenvalue weighted by Gasteiger charge is -2.19. The van der Waals surface area contributed by atoms with Crippen LogP contribution in [-0.4, -0.2) is 18.9 Å². The van der Waals surface area contributed by atoms with Gasteiger partial charge in [0, 0.05) is 5.56 Å². The summed E-state index contributed by atoms with van der Waals surface area (Å²) in [6.45, 7) is 2.38. The van der Waals surface area contributed by atoms with Crippen LogP contribution in [0.25, 0.3) is 0 Å². The van der Waals surface area contributed by atoms with Gasteiger partial charge < -0.3 is 4.74 Å². The van der Waals surface area contributed by atoms with Crippen molar-refractivity contribution in [2.24, 2.45) is 5.41 Å². The molecule has 1 aliphatic carbocycles. The van der Waals surface area contributed by atoms with Gasteiger partial charge in [-0.3, -0.25) is 9.59 Å². The van der Waals surface area contributed by atoms with Crippen molar-refractivity contribution in [2.75, 3.05) is 6.61 Å². The van der Waals surface area contributed by atoms with Gasteiger partial charge in [0.2, 0.25) is 0 Å². The normalized spacial score (nSPS) is 23.7. The lowest BCUT2D eigenvalue weighted by molar-refractivity contribution is -0.130. The van der Waals surface area contributed by atoms with E-state index in [1.807, 2.05) is 31.2 Å². The largest absolute Gasteiger partial charge is 0.467 e. The monoisotopic (exact) mass is 204 g/mol. The summed E-state index contributed by atoms with van der Waals surface area (Å²) in [5.41, 5.74) is 1.22. The van der Waals surface area contributed by atoms with Crippen LogP contribution < -0.4 is 0 Å². The standard InChI is InChI=1S/C12H12O3/c1-12(7-15-8-13)6-9-4-2-3-5-10(9)11(12)14/h2-5,8H,6-7H2,1H3. The quantitative estimate of drug-likeness (QED) is 0.702. The van der Waals surface area contributed by atoms with Gasteiger partial charge in [-0.15, -0.1) is 0 Å². The zero-order valence-electron chi connectivity index (χ0n) is 8.53. The molecule has 1 atom stereocenters. The summed E-state index contributed by atoms with van der Waals surface area (Å²) in [5, 5.41) is 0. The predicted octanol–water partition coefficient (Wildman–Crippen LogP) is 1.60. The molecule has 0 fully saturated rings. The fourth-order valence-corrected chi connectivity index (χ4v) is 2.06. The highest BCUT2D eigenvalue weighted by Gasteiger charge is 2.41. The second-order valence-corrected chi connectivity index (χ2v) is 4.13. The third-order valence-corrected chi connectivity index (χ3v) is 2.86. The minimum atomic E-state index is -0.579. The zero-order valence-corrected chi connectivity index (χ0v) is 8.53. The van der Waals surface area contributed by atoms with Crippen molar-refractivity contribution in [1.29, 1.82) is 0 Å². The molecule has 0 amide bonds. The smallest absolute Gasteiger partial charge is 0.293 e. The first-order chi connectivity index (χ1) is 7.17. The number of ether oxygens (including phenoxy) is 1. The van der Waals surface area contributed by atoms with E-state index in [4.69, 9.17) is 4.74 Å². The van der Waals surface area contributed by atoms with Crippen LogP contribution in [0, 0.1) is 5.41 Å². The van der Waals surface area contributed by atoms with Gasteiger partial charge in [0.05, 0.1) is 5.41 Å². The molecule has 0 heterocycles. The Bertz CT molecular complexity index is 411. The summed E-state index contributed by atoms with van der Waals surface area (Å²) in [6, 6.07) is 7.53. The Labute approximate surface area is 88.1 Å². The molecular formula is C12H12O3. The first-order valence-corrected chi connectivity index (χ1v) is 4.85. The van der Waals surface area contributed by atoms with Crippen LogP contribution in [0.1, 0.15) is 22.8 Å². The Balaban J connectivity index is 2.29. The minimum absolute atomic E-state index is 0.0694. The van der Waals surface area contributed by atoms with E-state index in [1.165, 1.54) is 0 Å². The van der Waals surface area contributed by atoms with E-state index in [9.17, 15) is 9.59 Å². The first kappa shape index (κ1) is 9.90. The van der Waals surface area contributed by atoms with E-state index in [0.717, 1.165) is 11.1 Å². The zero-order chi connectivity index (χ0) is 10.9. The van der Waals surface area contributed by atoms with Crippen molar-refractivity contribution in [3.63, 3.8) is 0 Å². The van der Waals surface area contributed by atoms with E-state index in [1.54, 1.807) is 0 Å². The topological polar surface area (TPSA) is 43.4 Å². The number of carbonyl (C=O) groups is 2. The molecular weight excluding hydrogens is 192 g/mol. The Morgan fingerprint density at radius 3 is 2.87 bits per heavy atom. The third kappa shape index (κ3) is 1.54. The Hall–Kier alpha value is -1.64. The molecule has 1 aromatic carbocycles. The van der Waals surface area contributed by atoms with Crippen molar-refractivity contribution >= 4 is 12.3 Å². The van der Waals surface area contributed by atoms with Gasteiger partial charge in [-0.25, -0.2) is 0 Å². The molecule has 2 rings (SSSR count). The number of Topliss-reactive ketones (excluding diaryl/α,β-unsaturated/α-hetero) is 1. The van der Waals surface area contributed by atoms with Crippen molar-refractivity contribution in [2.45, 2.75) is 13.3 Å². The van der Waals surface area contributed by atoms with Gasteiger partial charge in [0.15, 0.2) is 5.78 Å². The Kier molecular flexibility index (Phi) is 2.31. The summed E-state index contributed by atoms with van der Waals surface area (Å²) < 4.78 is 4.72. The summed E-state index contributed by atoms with van der Waals surface area (Å²) >= 11 is 0. The number of hydrogen-bond donors (Lipinski definition) is 0. The average molecular weight is 204 g/mol. The van der Waals surface area contributed by atoms with Gasteiger partial charge in [-0.05, 0) is 18.9 Å². The molecule has 0 aromatic heterocycles. The molecule has 1 unspecified atom stereocenters. The van der Waals surface area contributed by atoms with Crippen LogP contribution in [0.5, 0.6) is 0 Å². The number of ketones is 1. The molecule has 0 saturated carbocycles. The van der Waals surface area contributed by atoms with Crippen molar-refractivity contribution in [3.8, 4) is 0 Å². The Morgan fingerprint density at radius 1 is 1.47 bits per heavy atom. The molecule has 78 valence electrons. The molecule has 1 aliphatic rings. The van der Waals surface area contributed by atoms with Gasteiger partial charge in [-0.1, -0.05) is 24.3 Å². The van der Waals surface area contributed by atoms with Crippen LogP contribution in [0.3, 0.4) is 0 Å². The van der Waals surface area contributed by atoms with Crippen LogP contribution in [-0.2, 0) is 16.0 Å². The summed E-state index contributed by atoms with van der Waals surface area (Å²) in [4.78, 5) is 22.2. The van der Waals surface area contributed by atoms with Crippen LogP contribution >= 0.6 is 0 Å². The van der Waals surface area contributed by atoms with Crippen LogP contribution in [0.15, 0.2) is 24.3 Å². The molecule has 3 heteroatoms.